The fourth-order valence-corrected chi connectivity index (χ4v) is 3.27. The number of likely N-dealkylation sites (tertiary alicyclic amines) is 1. The summed E-state index contributed by atoms with van der Waals surface area (Å²) in [4.78, 5) is 14.5. The van der Waals surface area contributed by atoms with E-state index in [9.17, 15) is 4.79 Å². The van der Waals surface area contributed by atoms with Crippen LogP contribution < -0.4 is 0 Å². The van der Waals surface area contributed by atoms with Crippen LogP contribution in [0.4, 0.5) is 0 Å². The minimum Gasteiger partial charge on any atom is -0.469 e. The van der Waals surface area contributed by atoms with E-state index in [0.717, 1.165) is 42.9 Å². The lowest BCUT2D eigenvalue weighted by Crippen LogP contribution is -2.38. The average molecular weight is 337 g/mol. The second-order valence-corrected chi connectivity index (χ2v) is 6.27. The van der Waals surface area contributed by atoms with Crippen LogP contribution in [0.25, 0.3) is 5.69 Å². The zero-order valence-electron chi connectivity index (χ0n) is 13.8. The normalized spacial score (nSPS) is 15.4. The third-order valence-corrected chi connectivity index (χ3v) is 4.70. The van der Waals surface area contributed by atoms with Crippen LogP contribution in [0, 0.1) is 0 Å². The predicted octanol–water partition coefficient (Wildman–Crippen LogP) is 2.20. The van der Waals surface area contributed by atoms with E-state index in [0.29, 0.717) is 12.3 Å². The highest BCUT2D eigenvalue weighted by atomic mass is 16.3. The van der Waals surface area contributed by atoms with Gasteiger partial charge in [-0.05, 0) is 53.1 Å². The number of amides is 1. The van der Waals surface area contributed by atoms with Gasteiger partial charge in [0.2, 0.25) is 5.91 Å². The lowest BCUT2D eigenvalue weighted by atomic mass is 9.94. The third kappa shape index (κ3) is 3.45. The second kappa shape index (κ2) is 6.88. The monoisotopic (exact) mass is 337 g/mol. The summed E-state index contributed by atoms with van der Waals surface area (Å²) in [5.41, 5.74) is 1.87. The van der Waals surface area contributed by atoms with Crippen LogP contribution in [0.1, 0.15) is 30.1 Å². The molecule has 1 aliphatic rings. The summed E-state index contributed by atoms with van der Waals surface area (Å²) in [6, 6.07) is 11.7. The molecule has 0 unspecified atom stereocenters. The van der Waals surface area contributed by atoms with E-state index in [4.69, 9.17) is 4.42 Å². The molecule has 7 nitrogen and oxygen atoms in total. The van der Waals surface area contributed by atoms with Gasteiger partial charge in [0.15, 0.2) is 0 Å². The Labute approximate surface area is 145 Å². The molecule has 1 saturated heterocycles. The van der Waals surface area contributed by atoms with Gasteiger partial charge < -0.3 is 9.32 Å². The number of furan rings is 1. The number of hydrogen-bond donors (Lipinski definition) is 0. The molecule has 0 spiro atoms. The fourth-order valence-electron chi connectivity index (χ4n) is 3.27. The number of benzene rings is 1. The van der Waals surface area contributed by atoms with Crippen molar-refractivity contribution >= 4 is 5.91 Å². The smallest absolute Gasteiger partial charge is 0.226 e. The molecule has 7 heteroatoms. The molecule has 0 saturated carbocycles. The molecule has 0 atom stereocenters. The predicted molar refractivity (Wildman–Crippen MR) is 90.1 cm³/mol. The molecular weight excluding hydrogens is 318 g/mol. The molecule has 0 radical (unpaired) electrons. The van der Waals surface area contributed by atoms with Gasteiger partial charge >= 0.3 is 0 Å². The van der Waals surface area contributed by atoms with Crippen molar-refractivity contribution in [1.29, 1.82) is 0 Å². The summed E-state index contributed by atoms with van der Waals surface area (Å²) >= 11 is 0. The van der Waals surface area contributed by atoms with Gasteiger partial charge in [0.05, 0.1) is 18.4 Å². The molecule has 3 heterocycles. The Hall–Kier alpha value is -2.96. The topological polar surface area (TPSA) is 77.1 Å². The lowest BCUT2D eigenvalue weighted by Gasteiger charge is -2.31. The number of aromatic nitrogens is 4. The number of carbonyl (C=O) groups excluding carboxylic acids is 1. The van der Waals surface area contributed by atoms with Gasteiger partial charge in [0.25, 0.3) is 0 Å². The van der Waals surface area contributed by atoms with E-state index >= 15 is 0 Å². The molecule has 1 amide bonds. The Bertz CT molecular complexity index is 804. The van der Waals surface area contributed by atoms with Gasteiger partial charge in [-0.2, -0.15) is 0 Å². The third-order valence-electron chi connectivity index (χ3n) is 4.70. The first-order valence-corrected chi connectivity index (χ1v) is 8.43. The summed E-state index contributed by atoms with van der Waals surface area (Å²) in [5.74, 6) is 1.63. The first-order valence-electron chi connectivity index (χ1n) is 8.43. The molecule has 3 aromatic rings. The van der Waals surface area contributed by atoms with Crippen LogP contribution in [-0.2, 0) is 11.2 Å². The molecule has 128 valence electrons. The Morgan fingerprint density at radius 3 is 2.60 bits per heavy atom. The van der Waals surface area contributed by atoms with Crippen molar-refractivity contribution in [1.82, 2.24) is 25.1 Å². The highest BCUT2D eigenvalue weighted by Crippen LogP contribution is 2.28. The minimum absolute atomic E-state index is 0.174. The largest absolute Gasteiger partial charge is 0.469 e. The van der Waals surface area contributed by atoms with Gasteiger partial charge in [-0.25, -0.2) is 4.68 Å². The van der Waals surface area contributed by atoms with Gasteiger partial charge in [0, 0.05) is 19.0 Å². The number of carbonyl (C=O) groups is 1. The Morgan fingerprint density at radius 2 is 1.96 bits per heavy atom. The maximum absolute atomic E-state index is 12.5. The number of tetrazole rings is 1. The van der Waals surface area contributed by atoms with Crippen molar-refractivity contribution in [3.05, 3.63) is 60.3 Å². The lowest BCUT2D eigenvalue weighted by molar-refractivity contribution is -0.131. The van der Waals surface area contributed by atoms with Gasteiger partial charge in [-0.1, -0.05) is 12.1 Å². The highest BCUT2D eigenvalue weighted by molar-refractivity contribution is 5.79. The summed E-state index contributed by atoms with van der Waals surface area (Å²) in [6.07, 6.45) is 5.59. The first kappa shape index (κ1) is 15.6. The van der Waals surface area contributed by atoms with E-state index in [-0.39, 0.29) is 5.91 Å². The molecule has 1 aromatic carbocycles. The summed E-state index contributed by atoms with van der Waals surface area (Å²) < 4.78 is 7.08. The zero-order chi connectivity index (χ0) is 17.1. The molecule has 4 rings (SSSR count). The van der Waals surface area contributed by atoms with Crippen molar-refractivity contribution in [2.75, 3.05) is 13.1 Å². The Balaban J connectivity index is 1.33. The minimum atomic E-state index is 0.174. The molecule has 2 aromatic heterocycles. The quantitative estimate of drug-likeness (QED) is 0.729. The van der Waals surface area contributed by atoms with Crippen LogP contribution >= 0.6 is 0 Å². The highest BCUT2D eigenvalue weighted by Gasteiger charge is 2.25. The summed E-state index contributed by atoms with van der Waals surface area (Å²) in [5, 5.41) is 11.1. The molecule has 0 bridgehead atoms. The number of rotatable bonds is 4. The van der Waals surface area contributed by atoms with E-state index in [1.807, 2.05) is 41.3 Å². The first-order chi connectivity index (χ1) is 12.3. The number of hydrogen-bond acceptors (Lipinski definition) is 5. The van der Waals surface area contributed by atoms with Crippen LogP contribution in [0.15, 0.2) is 53.4 Å². The Morgan fingerprint density at radius 1 is 1.16 bits per heavy atom. The zero-order valence-corrected chi connectivity index (χ0v) is 13.8. The van der Waals surface area contributed by atoms with Gasteiger partial charge in [0.1, 0.15) is 12.1 Å². The molecular formula is C18H19N5O2. The SMILES string of the molecule is O=C(Cc1ccc(-n2cnnn2)cc1)N1CCC(c2ccco2)CC1. The molecule has 25 heavy (non-hydrogen) atoms. The standard InChI is InChI=1S/C18H19N5O2/c24-18(22-9-7-15(8-10-22)17-2-1-11-25-17)12-14-3-5-16(6-4-14)23-13-19-20-21-23/h1-6,11,13,15H,7-10,12H2. The van der Waals surface area contributed by atoms with Gasteiger partial charge in [-0.15, -0.1) is 5.10 Å². The van der Waals surface area contributed by atoms with Crippen molar-refractivity contribution in [2.24, 2.45) is 0 Å². The van der Waals surface area contributed by atoms with E-state index < -0.39 is 0 Å². The summed E-state index contributed by atoms with van der Waals surface area (Å²) in [7, 11) is 0. The maximum atomic E-state index is 12.5. The molecule has 1 fully saturated rings. The van der Waals surface area contributed by atoms with E-state index in [2.05, 4.69) is 15.5 Å². The van der Waals surface area contributed by atoms with Crippen molar-refractivity contribution in [2.45, 2.75) is 25.2 Å². The fraction of sp³-hybridized carbons (Fsp3) is 0.333. The van der Waals surface area contributed by atoms with Crippen molar-refractivity contribution < 1.29 is 9.21 Å². The van der Waals surface area contributed by atoms with Crippen molar-refractivity contribution in [3.63, 3.8) is 0 Å². The summed E-state index contributed by atoms with van der Waals surface area (Å²) in [6.45, 7) is 1.57. The van der Waals surface area contributed by atoms with E-state index in [1.54, 1.807) is 17.3 Å². The Kier molecular flexibility index (Phi) is 4.28. The average Bonchev–Trinajstić information content (AvgIpc) is 3.36. The van der Waals surface area contributed by atoms with Crippen LogP contribution in [0.3, 0.4) is 0 Å². The molecule has 1 aliphatic heterocycles. The van der Waals surface area contributed by atoms with Crippen LogP contribution in [-0.4, -0.2) is 44.1 Å². The number of nitrogens with zero attached hydrogens (tertiary/aromatic N) is 5. The van der Waals surface area contributed by atoms with Crippen molar-refractivity contribution in [3.8, 4) is 5.69 Å². The van der Waals surface area contributed by atoms with Crippen LogP contribution in [0.5, 0.6) is 0 Å². The number of piperidine rings is 1. The van der Waals surface area contributed by atoms with Crippen LogP contribution in [0.2, 0.25) is 0 Å². The molecule has 0 N–H and O–H groups in total. The molecule has 0 aliphatic carbocycles. The maximum Gasteiger partial charge on any atom is 0.226 e. The van der Waals surface area contributed by atoms with E-state index in [1.165, 1.54) is 0 Å². The van der Waals surface area contributed by atoms with Gasteiger partial charge in [-0.3, -0.25) is 4.79 Å². The second-order valence-electron chi connectivity index (χ2n) is 6.27.